The van der Waals surface area contributed by atoms with Gasteiger partial charge in [0.2, 0.25) is 0 Å². The minimum Gasteiger partial charge on any atom is -0.362 e. The number of nitrogens with one attached hydrogen (secondary N) is 1. The lowest BCUT2D eigenvalue weighted by Crippen LogP contribution is -2.23. The van der Waals surface area contributed by atoms with Gasteiger partial charge in [0.05, 0.1) is 11.4 Å². The molecule has 2 aromatic rings. The van der Waals surface area contributed by atoms with Gasteiger partial charge in [0.25, 0.3) is 0 Å². The Balaban J connectivity index is 2.53. The van der Waals surface area contributed by atoms with Gasteiger partial charge in [0, 0.05) is 24.7 Å². The van der Waals surface area contributed by atoms with Crippen molar-refractivity contribution in [1.82, 2.24) is 4.90 Å². The second-order valence-electron chi connectivity index (χ2n) is 4.70. The van der Waals surface area contributed by atoms with Crippen LogP contribution in [0.4, 0.5) is 11.4 Å². The minimum absolute atomic E-state index is 0.668. The zero-order valence-corrected chi connectivity index (χ0v) is 12.9. The molecule has 0 saturated carbocycles. The highest BCUT2D eigenvalue weighted by Gasteiger charge is 2.12. The first-order valence-corrected chi connectivity index (χ1v) is 6.98. The number of rotatable bonds is 4. The summed E-state index contributed by atoms with van der Waals surface area (Å²) in [4.78, 5) is 6.70. The highest BCUT2D eigenvalue weighted by Crippen LogP contribution is 2.24. The Kier molecular flexibility index (Phi) is 5.01. The monoisotopic (exact) mass is 299 g/mol. The van der Waals surface area contributed by atoms with Gasteiger partial charge in [-0.15, -0.1) is 0 Å². The SMILES string of the molecule is C=CNc1cc(Cl)ccc1C(=Nc1ccccc1)N(C)C. The van der Waals surface area contributed by atoms with E-state index < -0.39 is 0 Å². The van der Waals surface area contributed by atoms with Crippen LogP contribution in [-0.2, 0) is 0 Å². The molecule has 0 fully saturated rings. The Morgan fingerprint density at radius 3 is 2.52 bits per heavy atom. The van der Waals surface area contributed by atoms with Gasteiger partial charge in [0.15, 0.2) is 0 Å². The zero-order valence-electron chi connectivity index (χ0n) is 12.2. The third kappa shape index (κ3) is 3.86. The maximum absolute atomic E-state index is 6.07. The molecule has 0 saturated heterocycles. The zero-order chi connectivity index (χ0) is 15.2. The number of anilines is 1. The largest absolute Gasteiger partial charge is 0.362 e. The molecule has 0 spiro atoms. The fourth-order valence-electron chi connectivity index (χ4n) is 1.97. The van der Waals surface area contributed by atoms with Crippen LogP contribution in [0.25, 0.3) is 0 Å². The molecule has 4 heteroatoms. The molecule has 21 heavy (non-hydrogen) atoms. The van der Waals surface area contributed by atoms with Gasteiger partial charge >= 0.3 is 0 Å². The molecule has 0 heterocycles. The van der Waals surface area contributed by atoms with Crippen LogP contribution in [0.3, 0.4) is 0 Å². The molecule has 0 bridgehead atoms. The number of nitrogens with zero attached hydrogens (tertiary/aromatic N) is 2. The van der Waals surface area contributed by atoms with Crippen molar-refractivity contribution in [2.24, 2.45) is 4.99 Å². The van der Waals surface area contributed by atoms with E-state index in [2.05, 4.69) is 11.9 Å². The quantitative estimate of drug-likeness (QED) is 0.663. The van der Waals surface area contributed by atoms with E-state index in [1.807, 2.05) is 67.5 Å². The lowest BCUT2D eigenvalue weighted by Gasteiger charge is -2.19. The summed E-state index contributed by atoms with van der Waals surface area (Å²) in [6.45, 7) is 3.71. The van der Waals surface area contributed by atoms with Crippen LogP contribution in [0.15, 0.2) is 66.3 Å². The van der Waals surface area contributed by atoms with Crippen molar-refractivity contribution in [3.05, 3.63) is 71.9 Å². The third-order valence-corrected chi connectivity index (χ3v) is 3.13. The van der Waals surface area contributed by atoms with Crippen LogP contribution in [0.2, 0.25) is 5.02 Å². The first-order chi connectivity index (χ1) is 10.1. The van der Waals surface area contributed by atoms with Crippen LogP contribution in [-0.4, -0.2) is 24.8 Å². The molecular formula is C17H18ClN3. The van der Waals surface area contributed by atoms with E-state index in [4.69, 9.17) is 16.6 Å². The predicted octanol–water partition coefficient (Wildman–Crippen LogP) is 4.54. The second kappa shape index (κ2) is 6.95. The maximum atomic E-state index is 6.07. The van der Waals surface area contributed by atoms with Gasteiger partial charge in [-0.2, -0.15) is 0 Å². The van der Waals surface area contributed by atoms with Crippen LogP contribution in [0, 0.1) is 0 Å². The van der Waals surface area contributed by atoms with E-state index in [-0.39, 0.29) is 0 Å². The smallest absolute Gasteiger partial charge is 0.138 e. The number of benzene rings is 2. The van der Waals surface area contributed by atoms with Gasteiger partial charge in [-0.1, -0.05) is 36.4 Å². The molecule has 0 aliphatic carbocycles. The van der Waals surface area contributed by atoms with E-state index in [0.29, 0.717) is 5.02 Å². The number of amidine groups is 1. The van der Waals surface area contributed by atoms with Crippen molar-refractivity contribution in [3.63, 3.8) is 0 Å². The fourth-order valence-corrected chi connectivity index (χ4v) is 2.14. The second-order valence-corrected chi connectivity index (χ2v) is 5.14. The standard InChI is InChI=1S/C17H18ClN3/c1-4-19-16-12-13(18)10-11-15(16)17(21(2)3)20-14-8-6-5-7-9-14/h4-12,19H,1H2,2-3H3. The van der Waals surface area contributed by atoms with E-state index in [1.165, 1.54) is 0 Å². The summed E-state index contributed by atoms with van der Waals surface area (Å²) in [6.07, 6.45) is 1.63. The third-order valence-electron chi connectivity index (χ3n) is 2.89. The first-order valence-electron chi connectivity index (χ1n) is 6.60. The normalized spacial score (nSPS) is 11.1. The van der Waals surface area contributed by atoms with Crippen LogP contribution >= 0.6 is 11.6 Å². The summed E-state index contributed by atoms with van der Waals surface area (Å²) in [7, 11) is 3.93. The number of halogens is 1. The van der Waals surface area contributed by atoms with Gasteiger partial charge in [-0.3, -0.25) is 0 Å². The van der Waals surface area contributed by atoms with Crippen molar-refractivity contribution in [1.29, 1.82) is 0 Å². The number of hydrogen-bond acceptors (Lipinski definition) is 2. The molecule has 3 nitrogen and oxygen atoms in total. The van der Waals surface area contributed by atoms with E-state index in [0.717, 1.165) is 22.8 Å². The summed E-state index contributed by atoms with van der Waals surface area (Å²) in [5.74, 6) is 0.849. The van der Waals surface area contributed by atoms with Crippen molar-refractivity contribution in [2.75, 3.05) is 19.4 Å². The summed E-state index contributed by atoms with van der Waals surface area (Å²) < 4.78 is 0. The van der Waals surface area contributed by atoms with E-state index >= 15 is 0 Å². The highest BCUT2D eigenvalue weighted by molar-refractivity contribution is 6.31. The molecule has 2 rings (SSSR count). The van der Waals surface area contributed by atoms with Gasteiger partial charge < -0.3 is 10.2 Å². The van der Waals surface area contributed by atoms with E-state index in [1.54, 1.807) is 6.20 Å². The molecule has 0 radical (unpaired) electrons. The summed E-state index contributed by atoms with van der Waals surface area (Å²) >= 11 is 6.07. The molecule has 0 aliphatic rings. The van der Waals surface area contributed by atoms with Gasteiger partial charge in [0.1, 0.15) is 5.84 Å². The molecule has 2 aromatic carbocycles. The Labute approximate surface area is 130 Å². The molecule has 108 valence electrons. The fraction of sp³-hybridized carbons (Fsp3) is 0.118. The predicted molar refractivity (Wildman–Crippen MR) is 91.6 cm³/mol. The Morgan fingerprint density at radius 2 is 1.90 bits per heavy atom. The topological polar surface area (TPSA) is 27.6 Å². The molecule has 0 aromatic heterocycles. The van der Waals surface area contributed by atoms with Crippen LogP contribution < -0.4 is 5.32 Å². The van der Waals surface area contributed by atoms with E-state index in [9.17, 15) is 0 Å². The molecule has 0 unspecified atom stereocenters. The molecular weight excluding hydrogens is 282 g/mol. The minimum atomic E-state index is 0.668. The van der Waals surface area contributed by atoms with Crippen molar-refractivity contribution < 1.29 is 0 Å². The van der Waals surface area contributed by atoms with Crippen LogP contribution in [0.1, 0.15) is 5.56 Å². The Bertz CT molecular complexity index is 648. The molecule has 0 aliphatic heterocycles. The first kappa shape index (κ1) is 15.1. The van der Waals surface area contributed by atoms with Crippen LogP contribution in [0.5, 0.6) is 0 Å². The van der Waals surface area contributed by atoms with Crippen molar-refractivity contribution in [2.45, 2.75) is 0 Å². The summed E-state index contributed by atoms with van der Waals surface area (Å²) in [6, 6.07) is 15.5. The molecule has 0 amide bonds. The molecule has 0 atom stereocenters. The molecule has 1 N–H and O–H groups in total. The maximum Gasteiger partial charge on any atom is 0.138 e. The highest BCUT2D eigenvalue weighted by atomic mass is 35.5. The summed E-state index contributed by atoms with van der Waals surface area (Å²) in [5, 5.41) is 3.78. The number of aliphatic imine (C=N–C) groups is 1. The average molecular weight is 300 g/mol. The lowest BCUT2D eigenvalue weighted by molar-refractivity contribution is 0.624. The average Bonchev–Trinajstić information content (AvgIpc) is 2.47. The number of para-hydroxylation sites is 1. The van der Waals surface area contributed by atoms with Gasteiger partial charge in [-0.05, 0) is 36.5 Å². The number of hydrogen-bond donors (Lipinski definition) is 1. The van der Waals surface area contributed by atoms with Crippen molar-refractivity contribution in [3.8, 4) is 0 Å². The Hall–Kier alpha value is -2.26. The summed E-state index contributed by atoms with van der Waals surface area (Å²) in [5.41, 5.74) is 2.75. The lowest BCUT2D eigenvalue weighted by atomic mass is 10.1. The van der Waals surface area contributed by atoms with Gasteiger partial charge in [-0.25, -0.2) is 4.99 Å². The Morgan fingerprint density at radius 1 is 1.19 bits per heavy atom. The van der Waals surface area contributed by atoms with Crippen molar-refractivity contribution >= 4 is 28.8 Å².